The number of nitrogens with zero attached hydrogens (tertiary/aromatic N) is 3. The Kier molecular flexibility index (Phi) is 5.43. The Morgan fingerprint density at radius 1 is 1.47 bits per heavy atom. The zero-order chi connectivity index (χ0) is 14.4. The van der Waals surface area contributed by atoms with Gasteiger partial charge in [-0.15, -0.1) is 0 Å². The van der Waals surface area contributed by atoms with Gasteiger partial charge in [0.05, 0.1) is 11.5 Å². The minimum Gasteiger partial charge on any atom is -0.380 e. The fourth-order valence-corrected chi connectivity index (χ4v) is 1.57. The Bertz CT molecular complexity index is 452. The lowest BCUT2D eigenvalue weighted by molar-refractivity contribution is -0.385. The van der Waals surface area contributed by atoms with Gasteiger partial charge in [0.15, 0.2) is 0 Å². The fraction of sp³-hybridized carbons (Fsp3) is 0.636. The van der Waals surface area contributed by atoms with Crippen molar-refractivity contribution in [3.8, 4) is 0 Å². The largest absolute Gasteiger partial charge is 0.380 e. The van der Waals surface area contributed by atoms with E-state index in [1.165, 1.54) is 0 Å². The van der Waals surface area contributed by atoms with Crippen LogP contribution >= 0.6 is 0 Å². The van der Waals surface area contributed by atoms with E-state index >= 15 is 0 Å². The van der Waals surface area contributed by atoms with Crippen molar-refractivity contribution < 1.29 is 9.66 Å². The lowest BCUT2D eigenvalue weighted by Crippen LogP contribution is -2.23. The molecule has 1 rings (SSSR count). The topological polar surface area (TPSA) is 102 Å². The first kappa shape index (κ1) is 15.1. The highest BCUT2D eigenvalue weighted by Gasteiger charge is 2.22. The molecule has 0 amide bonds. The molecule has 0 fully saturated rings. The average molecular weight is 269 g/mol. The smallest absolute Gasteiger partial charge is 0.332 e. The van der Waals surface area contributed by atoms with Crippen molar-refractivity contribution >= 4 is 17.5 Å². The van der Waals surface area contributed by atoms with Crippen LogP contribution in [0.25, 0.3) is 0 Å². The maximum atomic E-state index is 11.1. The standard InChI is InChI=1S/C11H19N5O3/c1-5-19-6-7(2)13-10-9(16(17)18)8(3)14-11(12-4)15-10/h7H,5-6H2,1-4H3,(H2,12,13,14,15). The number of aromatic nitrogens is 2. The molecule has 8 heteroatoms. The molecule has 0 aliphatic rings. The summed E-state index contributed by atoms with van der Waals surface area (Å²) in [6.45, 7) is 6.39. The molecule has 0 spiro atoms. The molecule has 1 unspecified atom stereocenters. The van der Waals surface area contributed by atoms with Crippen molar-refractivity contribution in [1.82, 2.24) is 9.97 Å². The summed E-state index contributed by atoms with van der Waals surface area (Å²) in [6.07, 6.45) is 0. The maximum Gasteiger partial charge on any atom is 0.332 e. The van der Waals surface area contributed by atoms with Crippen molar-refractivity contribution in [3.63, 3.8) is 0 Å². The van der Waals surface area contributed by atoms with E-state index in [1.54, 1.807) is 14.0 Å². The summed E-state index contributed by atoms with van der Waals surface area (Å²) in [5.74, 6) is 0.545. The summed E-state index contributed by atoms with van der Waals surface area (Å²) in [7, 11) is 1.66. The SMILES string of the molecule is CCOCC(C)Nc1nc(NC)nc(C)c1[N+](=O)[O-]. The number of nitro groups is 1. The summed E-state index contributed by atoms with van der Waals surface area (Å²) in [5.41, 5.74) is 0.206. The molecule has 106 valence electrons. The molecule has 19 heavy (non-hydrogen) atoms. The fourth-order valence-electron chi connectivity index (χ4n) is 1.57. The molecule has 0 saturated heterocycles. The first-order valence-electron chi connectivity index (χ1n) is 6.04. The lowest BCUT2D eigenvalue weighted by Gasteiger charge is -2.15. The van der Waals surface area contributed by atoms with Gasteiger partial charge in [0.25, 0.3) is 0 Å². The van der Waals surface area contributed by atoms with Gasteiger partial charge in [-0.1, -0.05) is 0 Å². The second kappa shape index (κ2) is 6.83. The van der Waals surface area contributed by atoms with Crippen LogP contribution in [0, 0.1) is 17.0 Å². The van der Waals surface area contributed by atoms with Crippen molar-refractivity contribution in [2.45, 2.75) is 26.8 Å². The number of ether oxygens (including phenoxy) is 1. The van der Waals surface area contributed by atoms with Crippen LogP contribution in [-0.4, -0.2) is 41.2 Å². The third-order valence-electron chi connectivity index (χ3n) is 2.42. The highest BCUT2D eigenvalue weighted by molar-refractivity contribution is 5.61. The van der Waals surface area contributed by atoms with Gasteiger partial charge >= 0.3 is 5.69 Å². The highest BCUT2D eigenvalue weighted by Crippen LogP contribution is 2.26. The minimum atomic E-state index is -0.482. The predicted molar refractivity (Wildman–Crippen MR) is 72.5 cm³/mol. The molecule has 0 bridgehead atoms. The summed E-state index contributed by atoms with van der Waals surface area (Å²) >= 11 is 0. The number of hydrogen-bond acceptors (Lipinski definition) is 7. The van der Waals surface area contributed by atoms with Gasteiger partial charge in [-0.3, -0.25) is 10.1 Å². The summed E-state index contributed by atoms with van der Waals surface area (Å²) in [4.78, 5) is 18.7. The van der Waals surface area contributed by atoms with E-state index in [0.29, 0.717) is 24.9 Å². The Hall–Kier alpha value is -1.96. The van der Waals surface area contributed by atoms with E-state index in [2.05, 4.69) is 20.6 Å². The predicted octanol–water partition coefficient (Wildman–Crippen LogP) is 1.57. The third kappa shape index (κ3) is 4.02. The number of nitrogens with one attached hydrogen (secondary N) is 2. The minimum absolute atomic E-state index is 0.0855. The van der Waals surface area contributed by atoms with Crippen LogP contribution in [0.15, 0.2) is 0 Å². The molecule has 0 aromatic carbocycles. The van der Waals surface area contributed by atoms with Gasteiger partial charge in [0.2, 0.25) is 11.8 Å². The zero-order valence-electron chi connectivity index (χ0n) is 11.6. The van der Waals surface area contributed by atoms with Crippen LogP contribution in [0.2, 0.25) is 0 Å². The summed E-state index contributed by atoms with van der Waals surface area (Å²) in [5, 5.41) is 16.8. The van der Waals surface area contributed by atoms with Crippen molar-refractivity contribution in [1.29, 1.82) is 0 Å². The van der Waals surface area contributed by atoms with Crippen molar-refractivity contribution in [2.24, 2.45) is 0 Å². The number of rotatable bonds is 7. The van der Waals surface area contributed by atoms with Gasteiger partial charge in [0.1, 0.15) is 5.69 Å². The summed E-state index contributed by atoms with van der Waals surface area (Å²) < 4.78 is 5.26. The molecule has 1 aromatic heterocycles. The van der Waals surface area contributed by atoms with E-state index < -0.39 is 4.92 Å². The van der Waals surface area contributed by atoms with Crippen LogP contribution in [0.5, 0.6) is 0 Å². The first-order chi connectivity index (χ1) is 8.99. The molecule has 0 aliphatic heterocycles. The third-order valence-corrected chi connectivity index (χ3v) is 2.42. The first-order valence-corrected chi connectivity index (χ1v) is 6.04. The summed E-state index contributed by atoms with van der Waals surface area (Å²) in [6, 6.07) is -0.0855. The molecule has 0 aliphatic carbocycles. The van der Waals surface area contributed by atoms with E-state index in [9.17, 15) is 10.1 Å². The van der Waals surface area contributed by atoms with Crippen molar-refractivity contribution in [3.05, 3.63) is 15.8 Å². The second-order valence-corrected chi connectivity index (χ2v) is 4.04. The molecule has 0 radical (unpaired) electrons. The number of anilines is 2. The van der Waals surface area contributed by atoms with E-state index in [-0.39, 0.29) is 17.5 Å². The van der Waals surface area contributed by atoms with Gasteiger partial charge in [-0.2, -0.15) is 4.98 Å². The van der Waals surface area contributed by atoms with Crippen LogP contribution in [0.1, 0.15) is 19.5 Å². The maximum absolute atomic E-state index is 11.1. The van der Waals surface area contributed by atoms with Gasteiger partial charge in [-0.25, -0.2) is 4.98 Å². The van der Waals surface area contributed by atoms with Gasteiger partial charge < -0.3 is 15.4 Å². The van der Waals surface area contributed by atoms with Crippen LogP contribution in [0.3, 0.4) is 0 Å². The molecule has 1 aromatic rings. The van der Waals surface area contributed by atoms with Crippen LogP contribution < -0.4 is 10.6 Å². The lowest BCUT2D eigenvalue weighted by atomic mass is 10.3. The normalized spacial score (nSPS) is 12.0. The van der Waals surface area contributed by atoms with E-state index in [1.807, 2.05) is 13.8 Å². The monoisotopic (exact) mass is 269 g/mol. The van der Waals surface area contributed by atoms with Gasteiger partial charge in [0, 0.05) is 19.7 Å². The van der Waals surface area contributed by atoms with E-state index in [4.69, 9.17) is 4.74 Å². The highest BCUT2D eigenvalue weighted by atomic mass is 16.6. The Morgan fingerprint density at radius 3 is 2.68 bits per heavy atom. The average Bonchev–Trinajstić information content (AvgIpc) is 2.35. The molecule has 0 saturated carbocycles. The quantitative estimate of drug-likeness (QED) is 0.572. The number of aryl methyl sites for hydroxylation is 1. The zero-order valence-corrected chi connectivity index (χ0v) is 11.6. The Morgan fingerprint density at radius 2 is 2.16 bits per heavy atom. The molecular formula is C11H19N5O3. The van der Waals surface area contributed by atoms with Gasteiger partial charge in [-0.05, 0) is 20.8 Å². The van der Waals surface area contributed by atoms with Crippen molar-refractivity contribution in [2.75, 3.05) is 30.9 Å². The molecule has 1 atom stereocenters. The molecule has 8 nitrogen and oxygen atoms in total. The van der Waals surface area contributed by atoms with Crippen LogP contribution in [-0.2, 0) is 4.74 Å². The number of hydrogen-bond donors (Lipinski definition) is 2. The molecular weight excluding hydrogens is 250 g/mol. The Balaban J connectivity index is 3.02. The molecule has 2 N–H and O–H groups in total. The Labute approximate surface area is 111 Å². The second-order valence-electron chi connectivity index (χ2n) is 4.04. The van der Waals surface area contributed by atoms with Crippen LogP contribution in [0.4, 0.5) is 17.5 Å². The van der Waals surface area contributed by atoms with E-state index in [0.717, 1.165) is 0 Å². The molecule has 1 heterocycles.